The minimum Gasteiger partial charge on any atom is -0.507 e. The number of phenols is 1. The Labute approximate surface area is 120 Å². The van der Waals surface area contributed by atoms with Crippen molar-refractivity contribution >= 4 is 6.08 Å². The van der Waals surface area contributed by atoms with Crippen molar-refractivity contribution in [1.29, 1.82) is 0 Å². The molecule has 0 aromatic heterocycles. The molecule has 3 N–H and O–H groups in total. The number of hydrogen-bond acceptors (Lipinski definition) is 3. The van der Waals surface area contributed by atoms with Gasteiger partial charge in [0.05, 0.1) is 12.7 Å². The fraction of sp³-hybridized carbons (Fsp3) is 0.412. The van der Waals surface area contributed by atoms with E-state index in [1.165, 1.54) is 5.57 Å². The maximum Gasteiger partial charge on any atom is 0.122 e. The fourth-order valence-electron chi connectivity index (χ4n) is 2.07. The predicted octanol–water partition coefficient (Wildman–Crippen LogP) is 3.27. The van der Waals surface area contributed by atoms with Gasteiger partial charge in [0, 0.05) is 5.56 Å². The quantitative estimate of drug-likeness (QED) is 0.639. The lowest BCUT2D eigenvalue weighted by Gasteiger charge is -2.10. The number of aliphatic hydroxyl groups excluding tert-OH is 2. The first-order chi connectivity index (χ1) is 9.67. The van der Waals surface area contributed by atoms with E-state index in [2.05, 4.69) is 6.92 Å². The van der Waals surface area contributed by atoms with Crippen LogP contribution in [-0.4, -0.2) is 28.0 Å². The van der Waals surface area contributed by atoms with Gasteiger partial charge in [0.1, 0.15) is 5.75 Å². The van der Waals surface area contributed by atoms with E-state index in [0.29, 0.717) is 6.42 Å². The molecular formula is C17H24O3. The number of hydrogen-bond donors (Lipinski definition) is 3. The molecule has 0 saturated carbocycles. The van der Waals surface area contributed by atoms with E-state index in [-0.39, 0.29) is 12.4 Å². The smallest absolute Gasteiger partial charge is 0.122 e. The summed E-state index contributed by atoms with van der Waals surface area (Å²) in [5, 5.41) is 28.2. The molecule has 1 aromatic carbocycles. The van der Waals surface area contributed by atoms with Gasteiger partial charge in [-0.05, 0) is 25.3 Å². The van der Waals surface area contributed by atoms with Crippen LogP contribution in [0, 0.1) is 0 Å². The van der Waals surface area contributed by atoms with Crippen LogP contribution in [0.4, 0.5) is 0 Å². The zero-order valence-electron chi connectivity index (χ0n) is 12.0. The van der Waals surface area contributed by atoms with Crippen LogP contribution in [0.3, 0.4) is 0 Å². The lowest BCUT2D eigenvalue weighted by Crippen LogP contribution is -2.03. The number of benzene rings is 1. The summed E-state index contributed by atoms with van der Waals surface area (Å²) in [6.07, 6.45) is 8.01. The summed E-state index contributed by atoms with van der Waals surface area (Å²) in [4.78, 5) is 0. The molecule has 0 fully saturated rings. The Balaban J connectivity index is 2.69. The largest absolute Gasteiger partial charge is 0.507 e. The minimum atomic E-state index is -0.535. The van der Waals surface area contributed by atoms with Crippen LogP contribution < -0.4 is 0 Å². The van der Waals surface area contributed by atoms with E-state index in [1.807, 2.05) is 18.2 Å². The molecule has 1 rings (SSSR count). The predicted molar refractivity (Wildman–Crippen MR) is 82.5 cm³/mol. The number of aromatic hydroxyl groups is 1. The van der Waals surface area contributed by atoms with Gasteiger partial charge in [0.2, 0.25) is 0 Å². The molecule has 0 spiro atoms. The Morgan fingerprint density at radius 3 is 2.65 bits per heavy atom. The van der Waals surface area contributed by atoms with Crippen molar-refractivity contribution in [3.05, 3.63) is 47.6 Å². The third kappa shape index (κ3) is 6.04. The number of phenolic OH excluding ortho intramolecular Hbond substituents is 1. The van der Waals surface area contributed by atoms with Gasteiger partial charge in [0.15, 0.2) is 0 Å². The highest BCUT2D eigenvalue weighted by atomic mass is 16.3. The average molecular weight is 276 g/mol. The van der Waals surface area contributed by atoms with Gasteiger partial charge in [-0.2, -0.15) is 0 Å². The number of para-hydroxylation sites is 1. The van der Waals surface area contributed by atoms with Crippen LogP contribution >= 0.6 is 0 Å². The van der Waals surface area contributed by atoms with E-state index in [0.717, 1.165) is 24.8 Å². The monoisotopic (exact) mass is 276 g/mol. The van der Waals surface area contributed by atoms with Gasteiger partial charge in [-0.1, -0.05) is 55.3 Å². The highest BCUT2D eigenvalue weighted by molar-refractivity contribution is 5.59. The molecule has 110 valence electrons. The third-order valence-electron chi connectivity index (χ3n) is 3.09. The van der Waals surface area contributed by atoms with Crippen LogP contribution in [0.25, 0.3) is 6.08 Å². The van der Waals surface area contributed by atoms with Crippen LogP contribution in [0.15, 0.2) is 42.0 Å². The molecular weight excluding hydrogens is 252 g/mol. The second-order valence-electron chi connectivity index (χ2n) is 4.83. The highest BCUT2D eigenvalue weighted by Gasteiger charge is 2.04. The summed E-state index contributed by atoms with van der Waals surface area (Å²) < 4.78 is 0. The fourth-order valence-corrected chi connectivity index (χ4v) is 2.07. The highest BCUT2D eigenvalue weighted by Crippen LogP contribution is 2.23. The first-order valence-electron chi connectivity index (χ1n) is 7.10. The van der Waals surface area contributed by atoms with Crippen molar-refractivity contribution in [2.45, 2.75) is 38.7 Å². The maximum absolute atomic E-state index is 9.79. The van der Waals surface area contributed by atoms with Crippen molar-refractivity contribution < 1.29 is 15.3 Å². The molecule has 1 aromatic rings. The van der Waals surface area contributed by atoms with Gasteiger partial charge in [-0.3, -0.25) is 0 Å². The summed E-state index contributed by atoms with van der Waals surface area (Å²) >= 11 is 0. The molecule has 0 aliphatic carbocycles. The normalized spacial score (nSPS) is 13.8. The molecule has 0 aliphatic rings. The van der Waals surface area contributed by atoms with Gasteiger partial charge in [-0.25, -0.2) is 0 Å². The second-order valence-corrected chi connectivity index (χ2v) is 4.83. The van der Waals surface area contributed by atoms with E-state index in [1.54, 1.807) is 24.3 Å². The Hall–Kier alpha value is -1.58. The molecule has 0 unspecified atom stereocenters. The van der Waals surface area contributed by atoms with Crippen molar-refractivity contribution in [3.8, 4) is 5.75 Å². The average Bonchev–Trinajstić information content (AvgIpc) is 2.45. The van der Waals surface area contributed by atoms with Gasteiger partial charge < -0.3 is 15.3 Å². The van der Waals surface area contributed by atoms with Crippen LogP contribution in [0.1, 0.15) is 38.2 Å². The molecule has 0 bridgehead atoms. The van der Waals surface area contributed by atoms with E-state index < -0.39 is 6.10 Å². The Bertz CT molecular complexity index is 449. The molecule has 0 amide bonds. The SMILES string of the molecule is CCC/C(=C\c1ccccc1O)CC[C@@H](O)/C=C\CO. The number of allylic oxidation sites excluding steroid dienone is 1. The molecule has 0 radical (unpaired) electrons. The Morgan fingerprint density at radius 1 is 1.25 bits per heavy atom. The maximum atomic E-state index is 9.79. The first kappa shape index (κ1) is 16.5. The molecule has 20 heavy (non-hydrogen) atoms. The van der Waals surface area contributed by atoms with Crippen LogP contribution in [-0.2, 0) is 0 Å². The van der Waals surface area contributed by atoms with Crippen molar-refractivity contribution in [1.82, 2.24) is 0 Å². The van der Waals surface area contributed by atoms with Gasteiger partial charge in [0.25, 0.3) is 0 Å². The van der Waals surface area contributed by atoms with E-state index >= 15 is 0 Å². The third-order valence-corrected chi connectivity index (χ3v) is 3.09. The van der Waals surface area contributed by atoms with Crippen molar-refractivity contribution in [3.63, 3.8) is 0 Å². The molecule has 0 aliphatic heterocycles. The first-order valence-corrected chi connectivity index (χ1v) is 7.10. The zero-order chi connectivity index (χ0) is 14.8. The molecule has 3 heteroatoms. The minimum absolute atomic E-state index is 0.0490. The Kier molecular flexibility index (Phi) is 7.70. The lowest BCUT2D eigenvalue weighted by molar-refractivity contribution is 0.211. The molecule has 1 atom stereocenters. The summed E-state index contributed by atoms with van der Waals surface area (Å²) in [6, 6.07) is 7.25. The van der Waals surface area contributed by atoms with Crippen LogP contribution in [0.5, 0.6) is 5.75 Å². The van der Waals surface area contributed by atoms with Gasteiger partial charge in [-0.15, -0.1) is 0 Å². The van der Waals surface area contributed by atoms with Crippen molar-refractivity contribution in [2.75, 3.05) is 6.61 Å². The Morgan fingerprint density at radius 2 is 2.00 bits per heavy atom. The van der Waals surface area contributed by atoms with E-state index in [9.17, 15) is 10.2 Å². The number of aliphatic hydroxyl groups is 2. The second kappa shape index (κ2) is 9.34. The molecule has 0 heterocycles. The summed E-state index contributed by atoms with van der Waals surface area (Å²) in [7, 11) is 0. The lowest BCUT2D eigenvalue weighted by atomic mass is 9.99. The summed E-state index contributed by atoms with van der Waals surface area (Å²) in [5.41, 5.74) is 2.03. The molecule has 3 nitrogen and oxygen atoms in total. The summed E-state index contributed by atoms with van der Waals surface area (Å²) in [5.74, 6) is 0.279. The summed E-state index contributed by atoms with van der Waals surface area (Å²) in [6.45, 7) is 2.06. The van der Waals surface area contributed by atoms with E-state index in [4.69, 9.17) is 5.11 Å². The van der Waals surface area contributed by atoms with Crippen molar-refractivity contribution in [2.24, 2.45) is 0 Å². The molecule has 0 saturated heterocycles. The topological polar surface area (TPSA) is 60.7 Å². The number of rotatable bonds is 8. The standard InChI is InChI=1S/C17H24O3/c1-2-6-14(10-11-16(19)8-5-12-18)13-15-7-3-4-9-17(15)20/h3-5,7-9,13,16,18-20H,2,6,10-12H2,1H3/b8-5-,14-13+/t16-/m0/s1. The van der Waals surface area contributed by atoms with Gasteiger partial charge >= 0.3 is 0 Å². The van der Waals surface area contributed by atoms with Crippen LogP contribution in [0.2, 0.25) is 0 Å². The zero-order valence-corrected chi connectivity index (χ0v) is 12.0.